The minimum atomic E-state index is 0.366. The number of nitrogens with one attached hydrogen (secondary N) is 1. The Labute approximate surface area is 121 Å². The Morgan fingerprint density at radius 2 is 1.63 bits per heavy atom. The van der Waals surface area contributed by atoms with Crippen LogP contribution in [0.25, 0.3) is 0 Å². The van der Waals surface area contributed by atoms with E-state index in [0.717, 1.165) is 13.1 Å². The summed E-state index contributed by atoms with van der Waals surface area (Å²) in [5.41, 5.74) is 0. The number of nitrogens with zero attached hydrogens (tertiary/aromatic N) is 1. The zero-order valence-corrected chi connectivity index (χ0v) is 14.3. The number of likely N-dealkylation sites (tertiary alicyclic amines) is 1. The van der Waals surface area contributed by atoms with E-state index in [1.165, 1.54) is 12.8 Å². The Morgan fingerprint density at radius 1 is 1.16 bits per heavy atom. The van der Waals surface area contributed by atoms with Gasteiger partial charge in [-0.1, -0.05) is 48.5 Å². The van der Waals surface area contributed by atoms with E-state index >= 15 is 0 Å². The van der Waals surface area contributed by atoms with E-state index in [9.17, 15) is 4.79 Å². The number of carbonyl (C=O) groups excluding carboxylic acids is 1. The van der Waals surface area contributed by atoms with Crippen LogP contribution in [0.15, 0.2) is 0 Å². The maximum atomic E-state index is 11.3. The standard InChI is InChI=1S/C12H24N2O.2C2H6/c1-4-12(15)9-14-7-5-11(6-8-14)13-10(2)3;2*1-2/h10-11,13H,4-9H2,1-3H3;2*1-2H3. The van der Waals surface area contributed by atoms with Gasteiger partial charge in [-0.3, -0.25) is 9.69 Å². The van der Waals surface area contributed by atoms with Crippen LogP contribution in [0.1, 0.15) is 67.7 Å². The summed E-state index contributed by atoms with van der Waals surface area (Å²) in [4.78, 5) is 13.6. The second kappa shape index (κ2) is 14.0. The highest BCUT2D eigenvalue weighted by molar-refractivity contribution is 5.80. The minimum absolute atomic E-state index is 0.366. The maximum absolute atomic E-state index is 11.3. The van der Waals surface area contributed by atoms with Crippen LogP contribution in [0.5, 0.6) is 0 Å². The third-order valence-electron chi connectivity index (χ3n) is 2.95. The molecule has 0 bridgehead atoms. The summed E-state index contributed by atoms with van der Waals surface area (Å²) < 4.78 is 0. The second-order valence-electron chi connectivity index (χ2n) is 4.76. The molecule has 116 valence electrons. The number of rotatable bonds is 5. The normalized spacial score (nSPS) is 16.2. The molecule has 0 amide bonds. The molecule has 0 atom stereocenters. The van der Waals surface area contributed by atoms with Gasteiger partial charge in [0.2, 0.25) is 0 Å². The first-order valence-electron chi connectivity index (χ1n) is 8.12. The molecule has 0 radical (unpaired) electrons. The van der Waals surface area contributed by atoms with E-state index in [-0.39, 0.29) is 0 Å². The zero-order chi connectivity index (χ0) is 15.3. The van der Waals surface area contributed by atoms with Gasteiger partial charge < -0.3 is 5.32 Å². The predicted octanol–water partition coefficient (Wildman–Crippen LogP) is 3.48. The van der Waals surface area contributed by atoms with Gasteiger partial charge in [-0.25, -0.2) is 0 Å². The van der Waals surface area contributed by atoms with E-state index in [4.69, 9.17) is 0 Å². The molecule has 1 saturated heterocycles. The fraction of sp³-hybridized carbons (Fsp3) is 0.938. The Kier molecular flexibility index (Phi) is 15.4. The van der Waals surface area contributed by atoms with Gasteiger partial charge in [-0.15, -0.1) is 0 Å². The molecule has 0 aliphatic carbocycles. The summed E-state index contributed by atoms with van der Waals surface area (Å²) in [6.07, 6.45) is 3.02. The van der Waals surface area contributed by atoms with Crippen molar-refractivity contribution in [3.8, 4) is 0 Å². The number of ketones is 1. The van der Waals surface area contributed by atoms with Crippen LogP contribution in [0.4, 0.5) is 0 Å². The van der Waals surface area contributed by atoms with Crippen molar-refractivity contribution in [2.45, 2.75) is 79.8 Å². The van der Waals surface area contributed by atoms with Gasteiger partial charge in [-0.2, -0.15) is 0 Å². The monoisotopic (exact) mass is 272 g/mol. The van der Waals surface area contributed by atoms with E-state index in [1.807, 2.05) is 34.6 Å². The first kappa shape index (κ1) is 20.9. The van der Waals surface area contributed by atoms with E-state index in [2.05, 4.69) is 24.1 Å². The molecule has 0 aromatic heterocycles. The second-order valence-corrected chi connectivity index (χ2v) is 4.76. The molecule has 0 unspecified atom stereocenters. The molecule has 0 saturated carbocycles. The van der Waals surface area contributed by atoms with Gasteiger partial charge in [0.25, 0.3) is 0 Å². The van der Waals surface area contributed by atoms with Crippen LogP contribution >= 0.6 is 0 Å². The maximum Gasteiger partial charge on any atom is 0.146 e. The van der Waals surface area contributed by atoms with Crippen LogP contribution in [0, 0.1) is 0 Å². The fourth-order valence-electron chi connectivity index (χ4n) is 2.09. The van der Waals surface area contributed by atoms with Gasteiger partial charge in [0.1, 0.15) is 5.78 Å². The highest BCUT2D eigenvalue weighted by Crippen LogP contribution is 2.10. The molecular formula is C16H36N2O. The minimum Gasteiger partial charge on any atom is -0.312 e. The van der Waals surface area contributed by atoms with Crippen LogP contribution in [-0.4, -0.2) is 42.4 Å². The lowest BCUT2D eigenvalue weighted by Gasteiger charge is -2.32. The molecule has 1 heterocycles. The van der Waals surface area contributed by atoms with Gasteiger partial charge in [-0.05, 0) is 12.8 Å². The summed E-state index contributed by atoms with van der Waals surface area (Å²) in [5.74, 6) is 0.366. The van der Waals surface area contributed by atoms with Crippen molar-refractivity contribution in [3.05, 3.63) is 0 Å². The van der Waals surface area contributed by atoms with Gasteiger partial charge in [0.15, 0.2) is 0 Å². The molecule has 0 spiro atoms. The number of piperidine rings is 1. The number of hydrogen-bond donors (Lipinski definition) is 1. The van der Waals surface area contributed by atoms with Gasteiger partial charge in [0, 0.05) is 31.6 Å². The number of hydrogen-bond acceptors (Lipinski definition) is 3. The molecule has 1 N–H and O–H groups in total. The molecule has 1 aliphatic heterocycles. The van der Waals surface area contributed by atoms with E-state index in [1.54, 1.807) is 0 Å². The molecule has 1 aliphatic rings. The highest BCUT2D eigenvalue weighted by Gasteiger charge is 2.20. The van der Waals surface area contributed by atoms with Crippen molar-refractivity contribution < 1.29 is 4.79 Å². The number of carbonyl (C=O) groups is 1. The third kappa shape index (κ3) is 11.1. The zero-order valence-electron chi connectivity index (χ0n) is 14.3. The molecular weight excluding hydrogens is 236 g/mol. The van der Waals surface area contributed by atoms with Crippen molar-refractivity contribution in [1.82, 2.24) is 10.2 Å². The molecule has 1 rings (SSSR count). The number of Topliss-reactive ketones (excluding diaryl/α,β-unsaturated/α-hetero) is 1. The molecule has 0 aromatic rings. The SMILES string of the molecule is CC.CC.CCC(=O)CN1CCC(NC(C)C)CC1. The third-order valence-corrected chi connectivity index (χ3v) is 2.95. The van der Waals surface area contributed by atoms with Crippen LogP contribution in [0.2, 0.25) is 0 Å². The molecule has 19 heavy (non-hydrogen) atoms. The van der Waals surface area contributed by atoms with Crippen molar-refractivity contribution >= 4 is 5.78 Å². The van der Waals surface area contributed by atoms with Gasteiger partial charge in [0.05, 0.1) is 6.54 Å². The predicted molar refractivity (Wildman–Crippen MR) is 85.7 cm³/mol. The lowest BCUT2D eigenvalue weighted by Crippen LogP contribution is -2.45. The average Bonchev–Trinajstić information content (AvgIpc) is 2.45. The molecule has 0 aromatic carbocycles. The van der Waals surface area contributed by atoms with Crippen molar-refractivity contribution in [1.29, 1.82) is 0 Å². The fourth-order valence-corrected chi connectivity index (χ4v) is 2.09. The Bertz CT molecular complexity index is 197. The Hall–Kier alpha value is -0.410. The average molecular weight is 272 g/mol. The summed E-state index contributed by atoms with van der Waals surface area (Å²) in [6.45, 7) is 17.1. The van der Waals surface area contributed by atoms with Crippen molar-refractivity contribution in [3.63, 3.8) is 0 Å². The summed E-state index contributed by atoms with van der Waals surface area (Å²) in [5, 5.41) is 3.56. The Morgan fingerprint density at radius 3 is 2.00 bits per heavy atom. The molecule has 3 nitrogen and oxygen atoms in total. The quantitative estimate of drug-likeness (QED) is 0.831. The lowest BCUT2D eigenvalue weighted by molar-refractivity contribution is -0.120. The topological polar surface area (TPSA) is 32.3 Å². The van der Waals surface area contributed by atoms with Crippen LogP contribution < -0.4 is 5.32 Å². The molecule has 3 heteroatoms. The summed E-state index contributed by atoms with van der Waals surface area (Å²) >= 11 is 0. The summed E-state index contributed by atoms with van der Waals surface area (Å²) in [6, 6.07) is 1.22. The molecule has 1 fully saturated rings. The lowest BCUT2D eigenvalue weighted by atomic mass is 10.0. The first-order valence-corrected chi connectivity index (χ1v) is 8.12. The van der Waals surface area contributed by atoms with Gasteiger partial charge >= 0.3 is 0 Å². The van der Waals surface area contributed by atoms with E-state index < -0.39 is 0 Å². The van der Waals surface area contributed by atoms with Crippen molar-refractivity contribution in [2.75, 3.05) is 19.6 Å². The first-order chi connectivity index (χ1) is 9.11. The van der Waals surface area contributed by atoms with Crippen molar-refractivity contribution in [2.24, 2.45) is 0 Å². The largest absolute Gasteiger partial charge is 0.312 e. The van der Waals surface area contributed by atoms with Crippen LogP contribution in [0.3, 0.4) is 0 Å². The smallest absolute Gasteiger partial charge is 0.146 e. The highest BCUT2D eigenvalue weighted by atomic mass is 16.1. The summed E-state index contributed by atoms with van der Waals surface area (Å²) in [7, 11) is 0. The Balaban J connectivity index is 0. The van der Waals surface area contributed by atoms with E-state index in [0.29, 0.717) is 30.8 Å². The van der Waals surface area contributed by atoms with Crippen LogP contribution in [-0.2, 0) is 4.79 Å².